The van der Waals surface area contributed by atoms with E-state index in [1.165, 1.54) is 13.2 Å². The number of alkyl halides is 1. The van der Waals surface area contributed by atoms with E-state index >= 15 is 0 Å². The molecule has 0 atom stereocenters. The largest absolute Gasteiger partial charge is 0.497 e. The van der Waals surface area contributed by atoms with Crippen LogP contribution in [0.5, 0.6) is 5.75 Å². The molecule has 0 saturated heterocycles. The van der Waals surface area contributed by atoms with Crippen LogP contribution in [-0.4, -0.2) is 21.9 Å². The average Bonchev–Trinajstić information content (AvgIpc) is 2.80. The Morgan fingerprint density at radius 2 is 2.10 bits per heavy atom. The van der Waals surface area contributed by atoms with Crippen LogP contribution < -0.4 is 4.74 Å². The second-order valence-electron chi connectivity index (χ2n) is 4.92. The number of halogens is 2. The summed E-state index contributed by atoms with van der Waals surface area (Å²) in [6.07, 6.45) is 0. The van der Waals surface area contributed by atoms with E-state index < -0.39 is 0 Å². The van der Waals surface area contributed by atoms with Crippen molar-refractivity contribution in [2.75, 3.05) is 7.11 Å². The number of hydrogen-bond donors (Lipinski definition) is 0. The van der Waals surface area contributed by atoms with Gasteiger partial charge in [0.25, 0.3) is 0 Å². The highest BCUT2D eigenvalue weighted by Crippen LogP contribution is 2.26. The molecule has 20 heavy (non-hydrogen) atoms. The van der Waals surface area contributed by atoms with Crippen molar-refractivity contribution in [3.8, 4) is 17.1 Å². The summed E-state index contributed by atoms with van der Waals surface area (Å²) in [5.41, 5.74) is 0.436. The Bertz CT molecular complexity index is 598. The van der Waals surface area contributed by atoms with E-state index in [9.17, 15) is 4.39 Å². The predicted molar refractivity (Wildman–Crippen MR) is 79.4 cm³/mol. The lowest BCUT2D eigenvalue weighted by molar-refractivity contribution is 0.411. The molecule has 0 bridgehead atoms. The van der Waals surface area contributed by atoms with E-state index in [2.05, 4.69) is 40.0 Å². The first-order chi connectivity index (χ1) is 9.56. The van der Waals surface area contributed by atoms with Crippen LogP contribution in [0.1, 0.15) is 19.7 Å². The van der Waals surface area contributed by atoms with Crippen molar-refractivity contribution in [2.24, 2.45) is 5.92 Å². The number of nitrogens with zero attached hydrogens (tertiary/aromatic N) is 3. The van der Waals surface area contributed by atoms with Crippen LogP contribution in [0.2, 0.25) is 0 Å². The summed E-state index contributed by atoms with van der Waals surface area (Å²) < 4.78 is 21.1. The van der Waals surface area contributed by atoms with Gasteiger partial charge in [0.15, 0.2) is 5.82 Å². The molecule has 0 unspecified atom stereocenters. The summed E-state index contributed by atoms with van der Waals surface area (Å²) in [5, 5.41) is 8.83. The van der Waals surface area contributed by atoms with Crippen LogP contribution in [0.15, 0.2) is 18.2 Å². The molecule has 1 aromatic carbocycles. The molecular weight excluding hydrogens is 325 g/mol. The lowest BCUT2D eigenvalue weighted by atomic mass is 10.1. The smallest absolute Gasteiger partial charge is 0.166 e. The van der Waals surface area contributed by atoms with Crippen molar-refractivity contribution in [1.29, 1.82) is 0 Å². The third kappa shape index (κ3) is 3.00. The van der Waals surface area contributed by atoms with Gasteiger partial charge in [0.2, 0.25) is 0 Å². The molecule has 0 aliphatic carbocycles. The molecule has 0 spiro atoms. The number of benzene rings is 1. The molecule has 0 aliphatic rings. The number of methoxy groups -OCH3 is 1. The first-order valence-corrected chi connectivity index (χ1v) is 7.51. The van der Waals surface area contributed by atoms with Crippen LogP contribution in [0, 0.1) is 11.7 Å². The van der Waals surface area contributed by atoms with E-state index in [0.29, 0.717) is 28.4 Å². The zero-order chi connectivity index (χ0) is 14.7. The van der Waals surface area contributed by atoms with Crippen LogP contribution in [-0.2, 0) is 11.9 Å². The highest BCUT2D eigenvalue weighted by Gasteiger charge is 2.17. The fourth-order valence-corrected chi connectivity index (χ4v) is 2.41. The maximum Gasteiger partial charge on any atom is 0.166 e. The Labute approximate surface area is 126 Å². The van der Waals surface area contributed by atoms with Gasteiger partial charge in [-0.25, -0.2) is 4.39 Å². The van der Waals surface area contributed by atoms with Crippen molar-refractivity contribution in [1.82, 2.24) is 14.8 Å². The maximum absolute atomic E-state index is 14.2. The molecule has 0 aliphatic heterocycles. The fraction of sp³-hybridized carbons (Fsp3) is 0.429. The topological polar surface area (TPSA) is 39.9 Å². The highest BCUT2D eigenvalue weighted by molar-refractivity contribution is 9.08. The molecule has 0 N–H and O–H groups in total. The third-order valence-corrected chi connectivity index (χ3v) is 3.41. The minimum absolute atomic E-state index is 0.358. The molecule has 0 fully saturated rings. The zero-order valence-electron chi connectivity index (χ0n) is 11.7. The van der Waals surface area contributed by atoms with Crippen LogP contribution >= 0.6 is 15.9 Å². The quantitative estimate of drug-likeness (QED) is 0.779. The Morgan fingerprint density at radius 3 is 2.65 bits per heavy atom. The summed E-state index contributed by atoms with van der Waals surface area (Å²) in [5.74, 6) is 1.89. The lowest BCUT2D eigenvalue weighted by Crippen LogP contribution is -2.09. The first-order valence-electron chi connectivity index (χ1n) is 6.38. The standard InChI is InChI=1S/C14H17BrFN3O/c1-9(2)8-19-13(7-15)17-18-14(19)11-5-4-10(20-3)6-12(11)16/h4-6,9H,7-8H2,1-3H3. The number of ether oxygens (including phenoxy) is 1. The van der Waals surface area contributed by atoms with Crippen molar-refractivity contribution in [3.63, 3.8) is 0 Å². The fourth-order valence-electron chi connectivity index (χ4n) is 1.99. The van der Waals surface area contributed by atoms with Gasteiger partial charge in [-0.1, -0.05) is 29.8 Å². The zero-order valence-corrected chi connectivity index (χ0v) is 13.3. The average molecular weight is 342 g/mol. The number of rotatable bonds is 5. The molecule has 0 amide bonds. The van der Waals surface area contributed by atoms with Gasteiger partial charge >= 0.3 is 0 Å². The van der Waals surface area contributed by atoms with Crippen LogP contribution in [0.25, 0.3) is 11.4 Å². The summed E-state index contributed by atoms with van der Waals surface area (Å²) >= 11 is 3.39. The van der Waals surface area contributed by atoms with Crippen molar-refractivity contribution in [2.45, 2.75) is 25.7 Å². The van der Waals surface area contributed by atoms with E-state index in [0.717, 1.165) is 12.4 Å². The Hall–Kier alpha value is -1.43. The molecule has 1 aromatic heterocycles. The molecule has 0 radical (unpaired) electrons. The molecular formula is C14H17BrFN3O. The first kappa shape index (κ1) is 15.0. The van der Waals surface area contributed by atoms with Crippen molar-refractivity contribution < 1.29 is 9.13 Å². The molecule has 2 rings (SSSR count). The molecule has 1 heterocycles. The molecule has 2 aromatic rings. The van der Waals surface area contributed by atoms with Crippen molar-refractivity contribution in [3.05, 3.63) is 29.8 Å². The van der Waals surface area contributed by atoms with Gasteiger partial charge in [0, 0.05) is 12.6 Å². The molecule has 0 saturated carbocycles. The van der Waals surface area contributed by atoms with E-state index in [1.807, 2.05) is 4.57 Å². The van der Waals surface area contributed by atoms with Gasteiger partial charge in [-0.3, -0.25) is 0 Å². The summed E-state index contributed by atoms with van der Waals surface area (Å²) in [6, 6.07) is 4.76. The van der Waals surface area contributed by atoms with Crippen molar-refractivity contribution >= 4 is 15.9 Å². The predicted octanol–water partition coefficient (Wildman–Crippen LogP) is 3.64. The molecule has 6 heteroatoms. The maximum atomic E-state index is 14.2. The molecule has 108 valence electrons. The number of hydrogen-bond acceptors (Lipinski definition) is 3. The minimum Gasteiger partial charge on any atom is -0.497 e. The number of aromatic nitrogens is 3. The van der Waals surface area contributed by atoms with E-state index in [1.54, 1.807) is 12.1 Å². The van der Waals surface area contributed by atoms with Gasteiger partial charge in [-0.15, -0.1) is 10.2 Å². The van der Waals surface area contributed by atoms with Gasteiger partial charge in [-0.2, -0.15) is 0 Å². The lowest BCUT2D eigenvalue weighted by Gasteiger charge is -2.12. The SMILES string of the molecule is COc1ccc(-c2nnc(CBr)n2CC(C)C)c(F)c1. The van der Waals surface area contributed by atoms with Crippen LogP contribution in [0.3, 0.4) is 0 Å². The Balaban J connectivity index is 2.49. The summed E-state index contributed by atoms with van der Waals surface area (Å²) in [6.45, 7) is 4.95. The van der Waals surface area contributed by atoms with Crippen LogP contribution in [0.4, 0.5) is 4.39 Å². The normalized spacial score (nSPS) is 11.1. The second kappa shape index (κ2) is 6.35. The monoisotopic (exact) mass is 341 g/mol. The van der Waals surface area contributed by atoms with E-state index in [4.69, 9.17) is 4.74 Å². The Kier molecular flexibility index (Phi) is 4.75. The summed E-state index contributed by atoms with van der Waals surface area (Å²) in [4.78, 5) is 0. The minimum atomic E-state index is -0.358. The summed E-state index contributed by atoms with van der Waals surface area (Å²) in [7, 11) is 1.51. The van der Waals surface area contributed by atoms with Gasteiger partial charge in [0.05, 0.1) is 18.0 Å². The van der Waals surface area contributed by atoms with Gasteiger partial charge in [-0.05, 0) is 18.1 Å². The second-order valence-corrected chi connectivity index (χ2v) is 5.48. The Morgan fingerprint density at radius 1 is 1.35 bits per heavy atom. The third-order valence-electron chi connectivity index (χ3n) is 2.91. The van der Waals surface area contributed by atoms with Gasteiger partial charge < -0.3 is 9.30 Å². The molecule has 4 nitrogen and oxygen atoms in total. The van der Waals surface area contributed by atoms with Gasteiger partial charge in [0.1, 0.15) is 17.4 Å². The van der Waals surface area contributed by atoms with E-state index in [-0.39, 0.29) is 5.82 Å². The highest BCUT2D eigenvalue weighted by atomic mass is 79.9.